The van der Waals surface area contributed by atoms with Crippen LogP contribution in [0.3, 0.4) is 0 Å². The van der Waals surface area contributed by atoms with Crippen molar-refractivity contribution in [3.63, 3.8) is 0 Å². The van der Waals surface area contributed by atoms with Crippen molar-refractivity contribution in [2.24, 2.45) is 16.8 Å². The quantitative estimate of drug-likeness (QED) is 0.279. The fourth-order valence-corrected chi connectivity index (χ4v) is 3.97. The van der Waals surface area contributed by atoms with Crippen LogP contribution in [0.25, 0.3) is 0 Å². The summed E-state index contributed by atoms with van der Waals surface area (Å²) < 4.78 is 0. The lowest BCUT2D eigenvalue weighted by molar-refractivity contribution is 0.0839. The SMILES string of the molecule is Cc1cccc(C(=O)C2CCN(CCCC(=NOCCN)c3ccccc3)CC2)c1. The van der Waals surface area contributed by atoms with Gasteiger partial charge >= 0.3 is 0 Å². The van der Waals surface area contributed by atoms with Crippen molar-refractivity contribution in [2.45, 2.75) is 32.6 Å². The first-order chi connectivity index (χ1) is 14.7. The van der Waals surface area contributed by atoms with Gasteiger partial charge in [-0.3, -0.25) is 4.79 Å². The first-order valence-corrected chi connectivity index (χ1v) is 10.9. The molecule has 1 aliphatic rings. The Balaban J connectivity index is 1.46. The number of piperidine rings is 1. The van der Waals surface area contributed by atoms with E-state index in [-0.39, 0.29) is 5.92 Å². The molecule has 2 aromatic rings. The van der Waals surface area contributed by atoms with Gasteiger partial charge in [0.1, 0.15) is 6.61 Å². The standard InChI is InChI=1S/C25H33N3O2/c1-20-7-5-10-23(19-20)25(29)22-12-16-28(17-13-22)15-6-11-24(27-30-18-14-26)21-8-3-2-4-9-21/h2-5,7-10,19,22H,6,11-18,26H2,1H3. The summed E-state index contributed by atoms with van der Waals surface area (Å²) in [6.45, 7) is 5.88. The van der Waals surface area contributed by atoms with Crippen molar-refractivity contribution < 1.29 is 9.63 Å². The lowest BCUT2D eigenvalue weighted by atomic mass is 9.88. The number of Topliss-reactive ketones (excluding diaryl/α,β-unsaturated/α-hetero) is 1. The molecular formula is C25H33N3O2. The average molecular weight is 408 g/mol. The zero-order valence-corrected chi connectivity index (χ0v) is 17.9. The number of hydrogen-bond acceptors (Lipinski definition) is 5. The highest BCUT2D eigenvalue weighted by Crippen LogP contribution is 2.22. The third-order valence-corrected chi connectivity index (χ3v) is 5.64. The van der Waals surface area contributed by atoms with E-state index in [0.29, 0.717) is 18.9 Å². The van der Waals surface area contributed by atoms with Crippen LogP contribution in [0.15, 0.2) is 59.8 Å². The summed E-state index contributed by atoms with van der Waals surface area (Å²) in [7, 11) is 0. The number of nitrogens with zero attached hydrogens (tertiary/aromatic N) is 2. The molecule has 0 bridgehead atoms. The molecule has 1 heterocycles. The minimum atomic E-state index is 0.147. The van der Waals surface area contributed by atoms with E-state index in [1.807, 2.05) is 49.4 Å². The maximum atomic E-state index is 12.8. The molecule has 2 aromatic carbocycles. The van der Waals surface area contributed by atoms with Gasteiger partial charge in [0.25, 0.3) is 0 Å². The summed E-state index contributed by atoms with van der Waals surface area (Å²) >= 11 is 0. The Hall–Kier alpha value is -2.50. The van der Waals surface area contributed by atoms with E-state index in [4.69, 9.17) is 10.6 Å². The number of rotatable bonds is 10. The molecule has 0 radical (unpaired) electrons. The first-order valence-electron chi connectivity index (χ1n) is 10.9. The molecule has 0 spiro atoms. The molecule has 1 saturated heterocycles. The third-order valence-electron chi connectivity index (χ3n) is 5.64. The van der Waals surface area contributed by atoms with Crippen LogP contribution < -0.4 is 5.73 Å². The summed E-state index contributed by atoms with van der Waals surface area (Å²) in [5.74, 6) is 0.447. The van der Waals surface area contributed by atoms with Crippen LogP contribution in [0.1, 0.15) is 47.2 Å². The predicted molar refractivity (Wildman–Crippen MR) is 122 cm³/mol. The first kappa shape index (κ1) is 22.2. The Morgan fingerprint density at radius 1 is 1.10 bits per heavy atom. The van der Waals surface area contributed by atoms with E-state index >= 15 is 0 Å². The molecule has 3 rings (SSSR count). The highest BCUT2D eigenvalue weighted by atomic mass is 16.6. The van der Waals surface area contributed by atoms with Gasteiger partial charge in [0, 0.05) is 18.0 Å². The normalized spacial score (nSPS) is 15.9. The third kappa shape index (κ3) is 6.51. The van der Waals surface area contributed by atoms with Crippen LogP contribution in [-0.2, 0) is 4.84 Å². The van der Waals surface area contributed by atoms with E-state index < -0.39 is 0 Å². The number of nitrogens with two attached hydrogens (primary N) is 1. The summed E-state index contributed by atoms with van der Waals surface area (Å²) in [6.07, 6.45) is 3.74. The summed E-state index contributed by atoms with van der Waals surface area (Å²) in [5, 5.41) is 4.32. The monoisotopic (exact) mass is 407 g/mol. The topological polar surface area (TPSA) is 67.9 Å². The maximum Gasteiger partial charge on any atom is 0.166 e. The van der Waals surface area contributed by atoms with Crippen LogP contribution in [0.2, 0.25) is 0 Å². The summed E-state index contributed by atoms with van der Waals surface area (Å²) in [6, 6.07) is 18.1. The molecule has 0 amide bonds. The van der Waals surface area contributed by atoms with Crippen LogP contribution in [-0.4, -0.2) is 49.2 Å². The lowest BCUT2D eigenvalue weighted by Crippen LogP contribution is -2.37. The molecule has 2 N–H and O–H groups in total. The second kappa shape index (κ2) is 11.6. The number of carbonyl (C=O) groups is 1. The zero-order valence-electron chi connectivity index (χ0n) is 17.9. The Kier molecular flexibility index (Phi) is 8.60. The van der Waals surface area contributed by atoms with Crippen molar-refractivity contribution in [1.29, 1.82) is 0 Å². The Bertz CT molecular complexity index is 827. The molecule has 0 aliphatic carbocycles. The smallest absolute Gasteiger partial charge is 0.166 e. The van der Waals surface area contributed by atoms with Crippen molar-refractivity contribution in [3.05, 3.63) is 71.3 Å². The minimum Gasteiger partial charge on any atom is -0.394 e. The average Bonchev–Trinajstić information content (AvgIpc) is 2.79. The van der Waals surface area contributed by atoms with Gasteiger partial charge in [-0.05, 0) is 63.9 Å². The van der Waals surface area contributed by atoms with Crippen LogP contribution in [0.5, 0.6) is 0 Å². The number of ketones is 1. The molecular weight excluding hydrogens is 374 g/mol. The van der Waals surface area contributed by atoms with Gasteiger partial charge in [0.05, 0.1) is 5.71 Å². The van der Waals surface area contributed by atoms with Crippen LogP contribution in [0.4, 0.5) is 0 Å². The molecule has 0 atom stereocenters. The van der Waals surface area contributed by atoms with Crippen LogP contribution >= 0.6 is 0 Å². The summed E-state index contributed by atoms with van der Waals surface area (Å²) in [4.78, 5) is 20.6. The fraction of sp³-hybridized carbons (Fsp3) is 0.440. The van der Waals surface area contributed by atoms with Gasteiger partial charge in [0.15, 0.2) is 5.78 Å². The second-order valence-corrected chi connectivity index (χ2v) is 7.98. The number of benzene rings is 2. The van der Waals surface area contributed by atoms with Crippen molar-refractivity contribution in [2.75, 3.05) is 32.8 Å². The Morgan fingerprint density at radius 2 is 1.83 bits per heavy atom. The van der Waals surface area contributed by atoms with E-state index in [1.54, 1.807) is 0 Å². The zero-order chi connectivity index (χ0) is 21.2. The number of oxime groups is 1. The molecule has 160 valence electrons. The molecule has 0 unspecified atom stereocenters. The van der Waals surface area contributed by atoms with Gasteiger partial charge in [-0.2, -0.15) is 0 Å². The highest BCUT2D eigenvalue weighted by molar-refractivity contribution is 6.00. The molecule has 0 aromatic heterocycles. The van der Waals surface area contributed by atoms with E-state index in [2.05, 4.69) is 22.2 Å². The van der Waals surface area contributed by atoms with Gasteiger partial charge in [-0.25, -0.2) is 0 Å². The van der Waals surface area contributed by atoms with Gasteiger partial charge < -0.3 is 15.5 Å². The molecule has 30 heavy (non-hydrogen) atoms. The number of hydrogen-bond donors (Lipinski definition) is 1. The number of carbonyl (C=O) groups excluding carboxylic acids is 1. The molecule has 1 fully saturated rings. The molecule has 1 aliphatic heterocycles. The number of likely N-dealkylation sites (tertiary alicyclic amines) is 1. The minimum absolute atomic E-state index is 0.147. The van der Waals surface area contributed by atoms with Crippen LogP contribution in [0, 0.1) is 12.8 Å². The van der Waals surface area contributed by atoms with Gasteiger partial charge in [-0.1, -0.05) is 59.3 Å². The predicted octanol–water partition coefficient (Wildman–Crippen LogP) is 4.05. The Morgan fingerprint density at radius 3 is 2.53 bits per heavy atom. The van der Waals surface area contributed by atoms with Gasteiger partial charge in [-0.15, -0.1) is 0 Å². The molecule has 5 heteroatoms. The van der Waals surface area contributed by atoms with E-state index in [0.717, 1.165) is 67.7 Å². The molecule has 0 saturated carbocycles. The van der Waals surface area contributed by atoms with E-state index in [1.165, 1.54) is 0 Å². The summed E-state index contributed by atoms with van der Waals surface area (Å²) in [5.41, 5.74) is 9.56. The van der Waals surface area contributed by atoms with E-state index in [9.17, 15) is 4.79 Å². The fourth-order valence-electron chi connectivity index (χ4n) is 3.97. The lowest BCUT2D eigenvalue weighted by Gasteiger charge is -2.31. The maximum absolute atomic E-state index is 12.8. The van der Waals surface area contributed by atoms with Crippen molar-refractivity contribution in [1.82, 2.24) is 4.90 Å². The second-order valence-electron chi connectivity index (χ2n) is 7.98. The number of aryl methyl sites for hydroxylation is 1. The molecule has 5 nitrogen and oxygen atoms in total. The highest BCUT2D eigenvalue weighted by Gasteiger charge is 2.25. The largest absolute Gasteiger partial charge is 0.394 e. The van der Waals surface area contributed by atoms with Crippen molar-refractivity contribution >= 4 is 11.5 Å². The Labute approximate surface area is 179 Å². The van der Waals surface area contributed by atoms with Gasteiger partial charge in [0.2, 0.25) is 0 Å². The van der Waals surface area contributed by atoms with Crippen molar-refractivity contribution in [3.8, 4) is 0 Å².